The van der Waals surface area contributed by atoms with Crippen molar-refractivity contribution in [3.63, 3.8) is 0 Å². The molecule has 2 heterocycles. The van der Waals surface area contributed by atoms with E-state index in [4.69, 9.17) is 9.39 Å². The number of nitrogens with zero attached hydrogens (tertiary/aromatic N) is 2. The number of methoxy groups -OCH3 is 1. The van der Waals surface area contributed by atoms with E-state index in [1.807, 2.05) is 6.07 Å². The fraction of sp³-hybridized carbons (Fsp3) is 0.455. The number of hydrogen-bond donors (Lipinski definition) is 2. The van der Waals surface area contributed by atoms with Crippen LogP contribution in [0, 0.1) is 37.4 Å². The maximum absolute atomic E-state index is 14.0. The van der Waals surface area contributed by atoms with Crippen LogP contribution < -0.4 is 9.64 Å². The zero-order valence-electron chi connectivity index (χ0n) is 25.9. The number of phenolic OH excluding ortho intramolecular Hbond substituents is 1. The van der Waals surface area contributed by atoms with E-state index in [1.165, 1.54) is 30.9 Å². The number of carbonyl (C=O) groups is 2. The number of ether oxygens (including phenoxy) is 1. The van der Waals surface area contributed by atoms with Crippen molar-refractivity contribution in [3.8, 4) is 11.5 Å². The molecule has 0 bridgehead atoms. The number of amides is 2. The van der Waals surface area contributed by atoms with Gasteiger partial charge in [0.2, 0.25) is 11.8 Å². The molecule has 2 amide bonds. The third-order valence-corrected chi connectivity index (χ3v) is 10.0. The molecular formula is C33H38BIN2O8. The summed E-state index contributed by atoms with van der Waals surface area (Å²) in [6.45, 7) is 6.26. The fourth-order valence-corrected chi connectivity index (χ4v) is 7.85. The lowest BCUT2D eigenvalue weighted by molar-refractivity contribution is -0.384. The van der Waals surface area contributed by atoms with Gasteiger partial charge in [-0.15, -0.1) is 0 Å². The molecule has 4 atom stereocenters. The zero-order valence-corrected chi connectivity index (χ0v) is 28.0. The molecule has 0 spiro atoms. The van der Waals surface area contributed by atoms with Crippen LogP contribution in [-0.4, -0.2) is 47.2 Å². The molecular weight excluding hydrogens is 690 g/mol. The summed E-state index contributed by atoms with van der Waals surface area (Å²) >= 11 is 2.08. The molecule has 5 rings (SSSR count). The third kappa shape index (κ3) is 6.55. The van der Waals surface area contributed by atoms with Crippen LogP contribution in [0.4, 0.5) is 11.4 Å². The summed E-state index contributed by atoms with van der Waals surface area (Å²) in [5, 5.41) is 32.6. The average Bonchev–Trinajstić information content (AvgIpc) is 3.26. The molecule has 1 aliphatic carbocycles. The number of rotatable bonds is 10. The number of allylic oxidation sites excluding steroid dienone is 2. The second kappa shape index (κ2) is 13.6. The normalized spacial score (nSPS) is 23.5. The van der Waals surface area contributed by atoms with Gasteiger partial charge in [-0.25, -0.2) is 4.90 Å². The SMILES string of the molecule is CCC/C(=C\c1cc(I)c(O)c(OC)c1)CC[C@H]1OB(O)C[C@H]2C1=C(C(C)C)C[C@H]1C(=O)N(c3cccc([N+](=O)[O-])c3)C(=O)[C@H]12. The Morgan fingerprint density at radius 1 is 1.22 bits per heavy atom. The number of nitro benzene ring substituents is 1. The first-order valence-electron chi connectivity index (χ1n) is 15.4. The van der Waals surface area contributed by atoms with Gasteiger partial charge in [-0.3, -0.25) is 19.7 Å². The van der Waals surface area contributed by atoms with Gasteiger partial charge in [0.05, 0.1) is 39.2 Å². The fourth-order valence-electron chi connectivity index (χ4n) is 7.23. The highest BCUT2D eigenvalue weighted by atomic mass is 127. The molecule has 45 heavy (non-hydrogen) atoms. The van der Waals surface area contributed by atoms with Crippen LogP contribution in [-0.2, 0) is 14.2 Å². The van der Waals surface area contributed by atoms with Crippen molar-refractivity contribution in [1.29, 1.82) is 0 Å². The van der Waals surface area contributed by atoms with Crippen molar-refractivity contribution in [3.05, 3.63) is 72.4 Å². The highest BCUT2D eigenvalue weighted by Gasteiger charge is 2.58. The smallest absolute Gasteiger partial charge is 0.455 e. The van der Waals surface area contributed by atoms with E-state index in [9.17, 15) is 29.8 Å². The van der Waals surface area contributed by atoms with E-state index >= 15 is 0 Å². The largest absolute Gasteiger partial charge is 0.504 e. The topological polar surface area (TPSA) is 139 Å². The average molecular weight is 728 g/mol. The van der Waals surface area contributed by atoms with Crippen LogP contribution in [0.2, 0.25) is 6.32 Å². The van der Waals surface area contributed by atoms with Gasteiger partial charge in [0.15, 0.2) is 11.5 Å². The van der Waals surface area contributed by atoms with Crippen LogP contribution in [0.5, 0.6) is 11.5 Å². The summed E-state index contributed by atoms with van der Waals surface area (Å²) in [7, 11) is 0.431. The lowest BCUT2D eigenvalue weighted by Crippen LogP contribution is -2.46. The number of aromatic hydroxyl groups is 1. The second-order valence-corrected chi connectivity index (χ2v) is 13.5. The molecule has 2 aliphatic heterocycles. The van der Waals surface area contributed by atoms with E-state index in [-0.39, 0.29) is 47.1 Å². The Labute approximate surface area is 276 Å². The molecule has 0 radical (unpaired) electrons. The zero-order chi connectivity index (χ0) is 32.6. The summed E-state index contributed by atoms with van der Waals surface area (Å²) in [5.74, 6) is -1.78. The molecule has 0 aromatic heterocycles. The maximum Gasteiger partial charge on any atom is 0.455 e. The van der Waals surface area contributed by atoms with Crippen molar-refractivity contribution in [2.45, 2.75) is 65.3 Å². The van der Waals surface area contributed by atoms with Crippen molar-refractivity contribution in [2.75, 3.05) is 12.0 Å². The van der Waals surface area contributed by atoms with Gasteiger partial charge in [-0.2, -0.15) is 0 Å². The summed E-state index contributed by atoms with van der Waals surface area (Å²) in [4.78, 5) is 39.7. The van der Waals surface area contributed by atoms with Crippen LogP contribution in [0.1, 0.15) is 58.4 Å². The molecule has 2 aromatic rings. The number of anilines is 1. The van der Waals surface area contributed by atoms with Gasteiger partial charge < -0.3 is 19.5 Å². The molecule has 2 N–H and O–H groups in total. The minimum atomic E-state index is -1.09. The summed E-state index contributed by atoms with van der Waals surface area (Å²) < 4.78 is 12.2. The van der Waals surface area contributed by atoms with Gasteiger partial charge in [-0.05, 0) is 95.8 Å². The Morgan fingerprint density at radius 3 is 2.64 bits per heavy atom. The molecule has 2 aromatic carbocycles. The number of halogens is 1. The van der Waals surface area contributed by atoms with Crippen molar-refractivity contribution in [1.82, 2.24) is 0 Å². The second-order valence-electron chi connectivity index (χ2n) is 12.3. The first-order valence-corrected chi connectivity index (χ1v) is 16.5. The summed E-state index contributed by atoms with van der Waals surface area (Å²) in [6, 6.07) is 9.33. The number of hydrogen-bond acceptors (Lipinski definition) is 8. The summed E-state index contributed by atoms with van der Waals surface area (Å²) in [5.41, 5.74) is 4.20. The molecule has 2 fully saturated rings. The van der Waals surface area contributed by atoms with Crippen molar-refractivity contribution < 1.29 is 34.0 Å². The predicted molar refractivity (Wildman–Crippen MR) is 180 cm³/mol. The molecule has 0 saturated carbocycles. The number of benzene rings is 2. The first kappa shape index (κ1) is 33.1. The van der Waals surface area contributed by atoms with E-state index in [2.05, 4.69) is 49.4 Å². The molecule has 0 unspecified atom stereocenters. The number of fused-ring (bicyclic) bond motifs is 3. The van der Waals surface area contributed by atoms with Crippen molar-refractivity contribution in [2.24, 2.45) is 23.7 Å². The molecule has 2 saturated heterocycles. The molecule has 12 heteroatoms. The van der Waals surface area contributed by atoms with Crippen LogP contribution in [0.3, 0.4) is 0 Å². The number of phenols is 1. The minimum absolute atomic E-state index is 0.0942. The quantitative estimate of drug-likeness (QED) is 0.0703. The summed E-state index contributed by atoms with van der Waals surface area (Å²) in [6.07, 6.45) is 5.35. The van der Waals surface area contributed by atoms with Crippen LogP contribution in [0.15, 0.2) is 53.1 Å². The Balaban J connectivity index is 1.46. The van der Waals surface area contributed by atoms with Crippen molar-refractivity contribution >= 4 is 59.0 Å². The monoisotopic (exact) mass is 728 g/mol. The van der Waals surface area contributed by atoms with E-state index in [1.54, 1.807) is 12.1 Å². The lowest BCUT2D eigenvalue weighted by atomic mass is 9.57. The number of non-ortho nitro benzene ring substituents is 1. The highest BCUT2D eigenvalue weighted by Crippen LogP contribution is 2.52. The Bertz CT molecular complexity index is 1570. The molecule has 10 nitrogen and oxygen atoms in total. The number of nitro groups is 1. The maximum atomic E-state index is 14.0. The number of imide groups is 1. The third-order valence-electron chi connectivity index (χ3n) is 9.18. The van der Waals surface area contributed by atoms with E-state index in [0.29, 0.717) is 28.6 Å². The van der Waals surface area contributed by atoms with Gasteiger partial charge >= 0.3 is 7.12 Å². The van der Waals surface area contributed by atoms with Gasteiger partial charge in [-0.1, -0.05) is 50.5 Å². The Kier molecular flexibility index (Phi) is 10.0. The first-order chi connectivity index (χ1) is 21.4. The van der Waals surface area contributed by atoms with Gasteiger partial charge in [0, 0.05) is 12.1 Å². The van der Waals surface area contributed by atoms with Crippen LogP contribution >= 0.6 is 22.6 Å². The minimum Gasteiger partial charge on any atom is -0.504 e. The molecule has 3 aliphatic rings. The van der Waals surface area contributed by atoms with Gasteiger partial charge in [0.25, 0.3) is 5.69 Å². The standard InChI is InChI=1S/C33H38BIN2O8/c1-5-7-19(12-20-13-26(35)31(38)28(14-20)44-4)10-11-27-29-23(18(2)3)16-24-30(25(29)17-34(41)45-27)33(40)36(32(24)39)21-8-6-9-22(15-21)37(42)43/h6,8-9,12-15,18,24-25,27,30,38,41H,5,7,10-11,16-17H2,1-4H3/b19-12+/t24-,25+,27-,30-/m1/s1. The van der Waals surface area contributed by atoms with Crippen LogP contribution in [0.25, 0.3) is 6.08 Å². The Hall–Kier alpha value is -3.23. The number of carbonyl (C=O) groups excluding carboxylic acids is 2. The van der Waals surface area contributed by atoms with E-state index in [0.717, 1.165) is 34.5 Å². The van der Waals surface area contributed by atoms with Gasteiger partial charge in [0.1, 0.15) is 0 Å². The van der Waals surface area contributed by atoms with E-state index < -0.39 is 30.0 Å². The predicted octanol–water partition coefficient (Wildman–Crippen LogP) is 6.53. The highest BCUT2D eigenvalue weighted by molar-refractivity contribution is 14.1. The lowest BCUT2D eigenvalue weighted by Gasteiger charge is -2.44. The Morgan fingerprint density at radius 2 is 1.98 bits per heavy atom. The molecule has 238 valence electrons.